The molecule has 0 aliphatic rings. The van der Waals surface area contributed by atoms with Crippen molar-refractivity contribution in [2.24, 2.45) is 0 Å². The van der Waals surface area contributed by atoms with E-state index in [1.54, 1.807) is 24.4 Å². The Morgan fingerprint density at radius 3 is 2.93 bits per heavy atom. The predicted octanol–water partition coefficient (Wildman–Crippen LogP) is 2.59. The molecule has 0 amide bonds. The number of aromatic carboxylic acids is 1. The molecule has 4 heteroatoms. The molecule has 1 aromatic heterocycles. The van der Waals surface area contributed by atoms with Crippen molar-refractivity contribution in [3.63, 3.8) is 0 Å². The minimum atomic E-state index is -0.995. The molecule has 0 atom stereocenters. The number of carboxylic acids is 1. The molecule has 2 rings (SSSR count). The Balaban J connectivity index is 2.87. The van der Waals surface area contributed by atoms with Gasteiger partial charge in [0.15, 0.2) is 0 Å². The second-order valence-corrected chi connectivity index (χ2v) is 3.27. The van der Waals surface area contributed by atoms with Crippen molar-refractivity contribution in [3.8, 4) is 0 Å². The average Bonchev–Trinajstić information content (AvgIpc) is 2.16. The topological polar surface area (TPSA) is 50.2 Å². The van der Waals surface area contributed by atoms with Crippen molar-refractivity contribution in [2.45, 2.75) is 0 Å². The van der Waals surface area contributed by atoms with Crippen molar-refractivity contribution in [2.75, 3.05) is 0 Å². The van der Waals surface area contributed by atoms with E-state index in [0.29, 0.717) is 15.9 Å². The second kappa shape index (κ2) is 3.27. The molecular weight excluding hydrogens is 202 g/mol. The summed E-state index contributed by atoms with van der Waals surface area (Å²) in [5, 5.41) is 9.91. The fourth-order valence-electron chi connectivity index (χ4n) is 1.33. The lowest BCUT2D eigenvalue weighted by atomic mass is 10.1. The molecule has 0 spiro atoms. The number of hydrogen-bond donors (Lipinski definition) is 1. The smallest absolute Gasteiger partial charge is 0.336 e. The van der Waals surface area contributed by atoms with Crippen LogP contribution in [0.3, 0.4) is 0 Å². The molecule has 0 unspecified atom stereocenters. The number of halogens is 1. The third kappa shape index (κ3) is 1.42. The van der Waals surface area contributed by atoms with E-state index in [9.17, 15) is 4.79 Å². The van der Waals surface area contributed by atoms with E-state index in [-0.39, 0.29) is 5.56 Å². The van der Waals surface area contributed by atoms with Crippen LogP contribution < -0.4 is 0 Å². The summed E-state index contributed by atoms with van der Waals surface area (Å²) in [4.78, 5) is 14.9. The van der Waals surface area contributed by atoms with E-state index in [1.165, 1.54) is 6.07 Å². The van der Waals surface area contributed by atoms with Crippen LogP contribution in [0, 0.1) is 0 Å². The molecule has 0 fully saturated rings. The van der Waals surface area contributed by atoms with Crippen LogP contribution in [-0.4, -0.2) is 16.1 Å². The predicted molar refractivity (Wildman–Crippen MR) is 53.7 cm³/mol. The van der Waals surface area contributed by atoms with Gasteiger partial charge in [0.25, 0.3) is 0 Å². The molecule has 0 radical (unpaired) electrons. The Bertz CT molecular complexity index is 510. The van der Waals surface area contributed by atoms with Crippen molar-refractivity contribution in [3.05, 3.63) is 41.0 Å². The number of aromatic nitrogens is 1. The lowest BCUT2D eigenvalue weighted by Crippen LogP contribution is -1.97. The Labute approximate surface area is 85.0 Å². The van der Waals surface area contributed by atoms with Gasteiger partial charge in [-0.2, -0.15) is 0 Å². The van der Waals surface area contributed by atoms with Gasteiger partial charge in [-0.25, -0.2) is 4.79 Å². The average molecular weight is 208 g/mol. The van der Waals surface area contributed by atoms with Gasteiger partial charge >= 0.3 is 5.97 Å². The van der Waals surface area contributed by atoms with E-state index in [2.05, 4.69) is 4.98 Å². The van der Waals surface area contributed by atoms with E-state index in [4.69, 9.17) is 16.7 Å². The van der Waals surface area contributed by atoms with Gasteiger partial charge in [-0.05, 0) is 18.2 Å². The fourth-order valence-corrected chi connectivity index (χ4v) is 1.54. The molecule has 14 heavy (non-hydrogen) atoms. The summed E-state index contributed by atoms with van der Waals surface area (Å²) in [5.41, 5.74) is 0.776. The summed E-state index contributed by atoms with van der Waals surface area (Å²) in [5.74, 6) is -0.995. The standard InChI is InChI=1S/C10H6ClNO2/c11-6-4-8(10(13)14)7-2-1-3-12-9(7)5-6/h1-5H,(H,13,14). The molecule has 0 saturated carbocycles. The zero-order chi connectivity index (χ0) is 10.1. The summed E-state index contributed by atoms with van der Waals surface area (Å²) in [6.45, 7) is 0. The first-order valence-corrected chi connectivity index (χ1v) is 4.34. The number of nitrogens with zero attached hydrogens (tertiary/aromatic N) is 1. The first-order chi connectivity index (χ1) is 6.68. The van der Waals surface area contributed by atoms with Gasteiger partial charge in [-0.1, -0.05) is 17.7 Å². The summed E-state index contributed by atoms with van der Waals surface area (Å²) in [7, 11) is 0. The Morgan fingerprint density at radius 1 is 1.43 bits per heavy atom. The lowest BCUT2D eigenvalue weighted by molar-refractivity contribution is 0.0699. The Morgan fingerprint density at radius 2 is 2.21 bits per heavy atom. The monoisotopic (exact) mass is 207 g/mol. The molecule has 3 nitrogen and oxygen atoms in total. The first-order valence-electron chi connectivity index (χ1n) is 3.96. The zero-order valence-electron chi connectivity index (χ0n) is 7.07. The molecule has 0 bridgehead atoms. The van der Waals surface area contributed by atoms with Crippen molar-refractivity contribution in [1.29, 1.82) is 0 Å². The molecular formula is C10H6ClNO2. The normalized spacial score (nSPS) is 10.4. The van der Waals surface area contributed by atoms with Crippen LogP contribution in [0.25, 0.3) is 10.9 Å². The Kier molecular flexibility index (Phi) is 2.09. The van der Waals surface area contributed by atoms with Gasteiger partial charge in [0.1, 0.15) is 0 Å². The highest BCUT2D eigenvalue weighted by atomic mass is 35.5. The van der Waals surface area contributed by atoms with Crippen LogP contribution in [0.1, 0.15) is 10.4 Å². The zero-order valence-corrected chi connectivity index (χ0v) is 7.82. The highest BCUT2D eigenvalue weighted by Crippen LogP contribution is 2.22. The van der Waals surface area contributed by atoms with Crippen LogP contribution in [0.5, 0.6) is 0 Å². The summed E-state index contributed by atoms with van der Waals surface area (Å²) >= 11 is 5.76. The van der Waals surface area contributed by atoms with Gasteiger partial charge in [-0.15, -0.1) is 0 Å². The highest BCUT2D eigenvalue weighted by molar-refractivity contribution is 6.32. The van der Waals surface area contributed by atoms with Crippen molar-refractivity contribution in [1.82, 2.24) is 4.98 Å². The van der Waals surface area contributed by atoms with Gasteiger partial charge in [0.2, 0.25) is 0 Å². The number of benzene rings is 1. The van der Waals surface area contributed by atoms with Crippen LogP contribution >= 0.6 is 11.6 Å². The van der Waals surface area contributed by atoms with Crippen molar-refractivity contribution < 1.29 is 9.90 Å². The van der Waals surface area contributed by atoms with Crippen LogP contribution in [0.15, 0.2) is 30.5 Å². The summed E-state index contributed by atoms with van der Waals surface area (Å²) in [6.07, 6.45) is 1.60. The van der Waals surface area contributed by atoms with Gasteiger partial charge in [-0.3, -0.25) is 4.98 Å². The number of fused-ring (bicyclic) bond motifs is 1. The molecule has 0 aliphatic carbocycles. The first kappa shape index (κ1) is 8.97. The minimum Gasteiger partial charge on any atom is -0.478 e. The molecule has 1 N–H and O–H groups in total. The third-order valence-corrected chi connectivity index (χ3v) is 2.13. The van der Waals surface area contributed by atoms with Crippen LogP contribution in [0.2, 0.25) is 5.02 Å². The van der Waals surface area contributed by atoms with E-state index >= 15 is 0 Å². The van der Waals surface area contributed by atoms with E-state index in [1.807, 2.05) is 0 Å². The fraction of sp³-hybridized carbons (Fsp3) is 0. The summed E-state index contributed by atoms with van der Waals surface area (Å²) in [6, 6.07) is 6.47. The number of rotatable bonds is 1. The molecule has 2 aromatic rings. The number of hydrogen-bond acceptors (Lipinski definition) is 2. The van der Waals surface area contributed by atoms with Crippen LogP contribution in [0.4, 0.5) is 0 Å². The Hall–Kier alpha value is -1.61. The number of carboxylic acid groups (broad SMARTS) is 1. The number of carbonyl (C=O) groups is 1. The maximum atomic E-state index is 10.9. The molecule has 0 saturated heterocycles. The molecule has 0 aliphatic heterocycles. The largest absolute Gasteiger partial charge is 0.478 e. The molecule has 1 aromatic carbocycles. The minimum absolute atomic E-state index is 0.181. The highest BCUT2D eigenvalue weighted by Gasteiger charge is 2.09. The van der Waals surface area contributed by atoms with E-state index < -0.39 is 5.97 Å². The SMILES string of the molecule is O=C(O)c1cc(Cl)cc2ncccc12. The lowest BCUT2D eigenvalue weighted by Gasteiger charge is -2.01. The summed E-state index contributed by atoms with van der Waals surface area (Å²) < 4.78 is 0. The van der Waals surface area contributed by atoms with E-state index in [0.717, 1.165) is 0 Å². The van der Waals surface area contributed by atoms with Crippen molar-refractivity contribution >= 4 is 28.5 Å². The van der Waals surface area contributed by atoms with Gasteiger partial charge in [0.05, 0.1) is 11.1 Å². The quantitative estimate of drug-likeness (QED) is 0.782. The third-order valence-electron chi connectivity index (χ3n) is 1.92. The van der Waals surface area contributed by atoms with Crippen LogP contribution in [-0.2, 0) is 0 Å². The van der Waals surface area contributed by atoms with Gasteiger partial charge in [0, 0.05) is 16.6 Å². The maximum absolute atomic E-state index is 10.9. The molecule has 70 valence electrons. The van der Waals surface area contributed by atoms with Gasteiger partial charge < -0.3 is 5.11 Å². The second-order valence-electron chi connectivity index (χ2n) is 2.83. The number of pyridine rings is 1. The molecule has 1 heterocycles. The maximum Gasteiger partial charge on any atom is 0.336 e.